The molecule has 0 unspecified atom stereocenters. The molecule has 0 atom stereocenters. The number of rotatable bonds is 5. The maximum atomic E-state index is 12.9. The Hall–Kier alpha value is -1.63. The summed E-state index contributed by atoms with van der Waals surface area (Å²) in [5, 5.41) is 21.3. The number of hydrogen-bond acceptors (Lipinski definition) is 9. The minimum Gasteiger partial charge on any atom is -0.492 e. The average Bonchev–Trinajstić information content (AvgIpc) is 3.22. The third-order valence-electron chi connectivity index (χ3n) is 4.15. The number of aromatic hydroxyl groups is 1. The maximum Gasteiger partial charge on any atom is 0.275 e. The number of thiophene rings is 1. The SMILES string of the molecule is O=C(NCCO)c1c(O)nc2sc3c(n2c1=O)CCN(Sc1ccc(Cl)s1)C3. The highest BCUT2D eigenvalue weighted by Crippen LogP contribution is 2.37. The van der Waals surface area contributed by atoms with E-state index in [0.29, 0.717) is 17.9 Å². The Morgan fingerprint density at radius 1 is 1.39 bits per heavy atom. The van der Waals surface area contributed by atoms with Crippen molar-refractivity contribution >= 4 is 57.1 Å². The van der Waals surface area contributed by atoms with Crippen LogP contribution in [0.3, 0.4) is 0 Å². The van der Waals surface area contributed by atoms with E-state index in [4.69, 9.17) is 16.7 Å². The Morgan fingerprint density at radius 2 is 2.21 bits per heavy atom. The number of halogens is 1. The quantitative estimate of drug-likeness (QED) is 0.501. The van der Waals surface area contributed by atoms with Gasteiger partial charge in [0.1, 0.15) is 0 Å². The number of carbonyl (C=O) groups excluding carboxylic acids is 1. The van der Waals surface area contributed by atoms with Gasteiger partial charge in [-0.05, 0) is 24.1 Å². The number of hydrogen-bond donors (Lipinski definition) is 3. The molecule has 1 aliphatic heterocycles. The van der Waals surface area contributed by atoms with Gasteiger partial charge in [-0.25, -0.2) is 4.31 Å². The highest BCUT2D eigenvalue weighted by Gasteiger charge is 2.27. The first-order chi connectivity index (χ1) is 13.5. The number of amides is 1. The van der Waals surface area contributed by atoms with Crippen molar-refractivity contribution in [3.63, 3.8) is 0 Å². The zero-order valence-electron chi connectivity index (χ0n) is 14.3. The smallest absolute Gasteiger partial charge is 0.275 e. The van der Waals surface area contributed by atoms with Gasteiger partial charge in [-0.15, -0.1) is 11.3 Å². The summed E-state index contributed by atoms with van der Waals surface area (Å²) in [6, 6.07) is 3.83. The summed E-state index contributed by atoms with van der Waals surface area (Å²) >= 11 is 10.4. The summed E-state index contributed by atoms with van der Waals surface area (Å²) in [4.78, 5) is 30.4. The minimum absolute atomic E-state index is 0.0128. The fraction of sp³-hybridized carbons (Fsp3) is 0.312. The first-order valence-electron chi connectivity index (χ1n) is 8.31. The zero-order valence-corrected chi connectivity index (χ0v) is 17.6. The van der Waals surface area contributed by atoms with E-state index in [0.717, 1.165) is 25.7 Å². The van der Waals surface area contributed by atoms with E-state index in [1.165, 1.54) is 27.1 Å². The van der Waals surface area contributed by atoms with E-state index in [2.05, 4.69) is 14.6 Å². The van der Waals surface area contributed by atoms with Gasteiger partial charge >= 0.3 is 0 Å². The first kappa shape index (κ1) is 19.7. The molecule has 8 nitrogen and oxygen atoms in total. The lowest BCUT2D eigenvalue weighted by atomic mass is 10.2. The maximum absolute atomic E-state index is 12.9. The number of aliphatic hydroxyl groups is 1. The van der Waals surface area contributed by atoms with Crippen molar-refractivity contribution in [2.24, 2.45) is 0 Å². The van der Waals surface area contributed by atoms with E-state index in [1.54, 1.807) is 11.9 Å². The second-order valence-corrected chi connectivity index (χ2v) is 10.1. The number of fused-ring (bicyclic) bond motifs is 3. The van der Waals surface area contributed by atoms with Crippen molar-refractivity contribution in [3.8, 4) is 5.88 Å². The van der Waals surface area contributed by atoms with Crippen LogP contribution in [0.4, 0.5) is 0 Å². The van der Waals surface area contributed by atoms with Crippen LogP contribution >= 0.6 is 46.2 Å². The number of nitrogens with one attached hydrogen (secondary N) is 1. The second-order valence-electron chi connectivity index (χ2n) is 5.95. The molecule has 3 N–H and O–H groups in total. The number of aromatic nitrogens is 2. The van der Waals surface area contributed by atoms with E-state index >= 15 is 0 Å². The fourth-order valence-electron chi connectivity index (χ4n) is 2.94. The summed E-state index contributed by atoms with van der Waals surface area (Å²) in [6.45, 7) is 1.07. The van der Waals surface area contributed by atoms with E-state index in [9.17, 15) is 14.7 Å². The van der Waals surface area contributed by atoms with Crippen molar-refractivity contribution in [2.45, 2.75) is 17.2 Å². The first-order valence-corrected chi connectivity index (χ1v) is 11.1. The Balaban J connectivity index is 1.66. The van der Waals surface area contributed by atoms with Crippen molar-refractivity contribution in [3.05, 3.63) is 43.0 Å². The Bertz CT molecular complexity index is 1110. The van der Waals surface area contributed by atoms with Crippen LogP contribution in [-0.4, -0.2) is 49.5 Å². The van der Waals surface area contributed by atoms with Crippen LogP contribution in [0, 0.1) is 0 Å². The van der Waals surface area contributed by atoms with Gasteiger partial charge in [0.25, 0.3) is 11.5 Å². The van der Waals surface area contributed by atoms with Crippen LogP contribution in [0.5, 0.6) is 5.88 Å². The number of thiazole rings is 1. The highest BCUT2D eigenvalue weighted by molar-refractivity contribution is 7.99. The van der Waals surface area contributed by atoms with Crippen LogP contribution in [0.25, 0.3) is 4.96 Å². The van der Waals surface area contributed by atoms with E-state index < -0.39 is 22.9 Å². The van der Waals surface area contributed by atoms with Gasteiger partial charge in [0.05, 0.1) is 15.2 Å². The monoisotopic (exact) mass is 458 g/mol. The Labute approximate surface area is 176 Å². The molecule has 28 heavy (non-hydrogen) atoms. The molecule has 0 aliphatic carbocycles. The summed E-state index contributed by atoms with van der Waals surface area (Å²) < 4.78 is 5.42. The molecule has 0 fully saturated rings. The van der Waals surface area contributed by atoms with Crippen molar-refractivity contribution in [1.29, 1.82) is 0 Å². The standard InChI is InChI=1S/C16H15ClN4O4S3/c17-10-1-2-11(27-10)28-20-5-3-8-9(7-20)26-16-19-14(24)12(15(25)21(8)16)13(23)18-4-6-22/h1-2,22,24H,3-7H2,(H,18,23). The molecule has 3 aromatic heterocycles. The third kappa shape index (κ3) is 3.65. The summed E-state index contributed by atoms with van der Waals surface area (Å²) in [5.74, 6) is -1.35. The molecular weight excluding hydrogens is 444 g/mol. The van der Waals surface area contributed by atoms with Crippen molar-refractivity contribution in [1.82, 2.24) is 19.0 Å². The lowest BCUT2D eigenvalue weighted by Gasteiger charge is -2.24. The second kappa shape index (κ2) is 8.01. The van der Waals surface area contributed by atoms with Crippen LogP contribution in [0.1, 0.15) is 20.9 Å². The molecular formula is C16H15ClN4O4S3. The molecule has 4 heterocycles. The predicted molar refractivity (Wildman–Crippen MR) is 110 cm³/mol. The molecule has 4 rings (SSSR count). The van der Waals surface area contributed by atoms with Crippen molar-refractivity contribution in [2.75, 3.05) is 19.7 Å². The lowest BCUT2D eigenvalue weighted by molar-refractivity contribution is 0.0939. The predicted octanol–water partition coefficient (Wildman–Crippen LogP) is 1.96. The van der Waals surface area contributed by atoms with Crippen molar-refractivity contribution < 1.29 is 15.0 Å². The van der Waals surface area contributed by atoms with Crippen LogP contribution in [0.2, 0.25) is 4.34 Å². The normalized spacial score (nSPS) is 14.4. The molecule has 1 aliphatic rings. The molecule has 1 amide bonds. The molecule has 0 spiro atoms. The molecule has 0 saturated carbocycles. The highest BCUT2D eigenvalue weighted by atomic mass is 35.5. The third-order valence-corrected chi connectivity index (χ3v) is 7.60. The van der Waals surface area contributed by atoms with Gasteiger partial charge in [0, 0.05) is 36.6 Å². The molecule has 148 valence electrons. The molecule has 0 radical (unpaired) electrons. The van der Waals surface area contributed by atoms with Gasteiger partial charge in [-0.3, -0.25) is 14.0 Å². The van der Waals surface area contributed by atoms with E-state index in [-0.39, 0.29) is 13.2 Å². The van der Waals surface area contributed by atoms with Crippen LogP contribution in [-0.2, 0) is 13.0 Å². The number of carbonyl (C=O) groups is 1. The average molecular weight is 459 g/mol. The topological polar surface area (TPSA) is 107 Å². The summed E-state index contributed by atoms with van der Waals surface area (Å²) in [7, 11) is 0. The lowest BCUT2D eigenvalue weighted by Crippen LogP contribution is -2.34. The molecule has 3 aromatic rings. The largest absolute Gasteiger partial charge is 0.492 e. The fourth-order valence-corrected chi connectivity index (χ4v) is 6.60. The van der Waals surface area contributed by atoms with Crippen LogP contribution < -0.4 is 10.9 Å². The zero-order chi connectivity index (χ0) is 19.8. The van der Waals surface area contributed by atoms with Gasteiger partial charge in [-0.1, -0.05) is 22.9 Å². The van der Waals surface area contributed by atoms with E-state index in [1.807, 2.05) is 12.1 Å². The van der Waals surface area contributed by atoms with Gasteiger partial charge in [0.2, 0.25) is 5.88 Å². The Morgan fingerprint density at radius 3 is 2.93 bits per heavy atom. The molecule has 0 bridgehead atoms. The molecule has 12 heteroatoms. The summed E-state index contributed by atoms with van der Waals surface area (Å²) in [6.07, 6.45) is 0.617. The Kier molecular flexibility index (Phi) is 5.63. The van der Waals surface area contributed by atoms with Gasteiger partial charge in [0.15, 0.2) is 10.5 Å². The van der Waals surface area contributed by atoms with Crippen LogP contribution in [0.15, 0.2) is 21.1 Å². The molecule has 0 aromatic carbocycles. The number of nitrogens with zero attached hydrogens (tertiary/aromatic N) is 3. The summed E-state index contributed by atoms with van der Waals surface area (Å²) in [5.41, 5.74) is -0.187. The van der Waals surface area contributed by atoms with Gasteiger partial charge in [-0.2, -0.15) is 4.98 Å². The number of aliphatic hydroxyl groups excluding tert-OH is 1. The van der Waals surface area contributed by atoms with Gasteiger partial charge < -0.3 is 15.5 Å². The minimum atomic E-state index is -0.749. The molecule has 0 saturated heterocycles.